The summed E-state index contributed by atoms with van der Waals surface area (Å²) in [6, 6.07) is 6.65. The number of aromatic hydroxyl groups is 1. The molecule has 2 aromatic rings. The molecule has 4 N–H and O–H groups in total. The maximum Gasteiger partial charge on any atom is 0.268 e. The van der Waals surface area contributed by atoms with Gasteiger partial charge >= 0.3 is 0 Å². The molecular formula is C23H29N3O3. The molecule has 2 aliphatic rings. The molecule has 1 heterocycles. The highest BCUT2D eigenvalue weighted by molar-refractivity contribution is 5.98. The van der Waals surface area contributed by atoms with E-state index < -0.39 is 0 Å². The molecule has 0 spiro atoms. The van der Waals surface area contributed by atoms with Gasteiger partial charge in [-0.05, 0) is 56.7 Å². The van der Waals surface area contributed by atoms with Gasteiger partial charge in [0.2, 0.25) is 5.91 Å². The van der Waals surface area contributed by atoms with E-state index in [1.165, 1.54) is 24.8 Å². The number of carbonyl (C=O) groups excluding carboxylic acids is 2. The standard InChI is InChI=1S/C23H29N3O3/c27-17-11-10-16-13-21(24-20(16)14-17)23(29)26-19-9-5-4-8-18(19)25-22(28)12-15-6-2-1-3-7-15/h10-14,18-19,24,27H,1-9H2,(H,25,28)(H,26,29)/t18-,19-/m0/s1. The molecule has 2 saturated carbocycles. The summed E-state index contributed by atoms with van der Waals surface area (Å²) in [7, 11) is 0. The Morgan fingerprint density at radius 2 is 1.69 bits per heavy atom. The lowest BCUT2D eigenvalue weighted by Gasteiger charge is -2.32. The Balaban J connectivity index is 1.41. The zero-order chi connectivity index (χ0) is 20.2. The zero-order valence-corrected chi connectivity index (χ0v) is 16.7. The number of amides is 2. The number of phenols is 1. The molecule has 0 bridgehead atoms. The number of rotatable bonds is 4. The van der Waals surface area contributed by atoms with Gasteiger partial charge in [-0.15, -0.1) is 0 Å². The van der Waals surface area contributed by atoms with Crippen molar-refractivity contribution in [1.29, 1.82) is 0 Å². The minimum atomic E-state index is -0.183. The van der Waals surface area contributed by atoms with Crippen molar-refractivity contribution < 1.29 is 14.7 Å². The van der Waals surface area contributed by atoms with Crippen LogP contribution in [-0.4, -0.2) is 34.0 Å². The Labute approximate surface area is 170 Å². The van der Waals surface area contributed by atoms with Crippen LogP contribution in [0.15, 0.2) is 35.9 Å². The smallest absolute Gasteiger partial charge is 0.268 e. The third-order valence-electron chi connectivity index (χ3n) is 6.09. The molecule has 6 nitrogen and oxygen atoms in total. The fraction of sp³-hybridized carbons (Fsp3) is 0.478. The Hall–Kier alpha value is -2.76. The van der Waals surface area contributed by atoms with Gasteiger partial charge in [0, 0.05) is 35.1 Å². The summed E-state index contributed by atoms with van der Waals surface area (Å²) in [6.45, 7) is 0. The van der Waals surface area contributed by atoms with E-state index in [1.807, 2.05) is 0 Å². The van der Waals surface area contributed by atoms with Gasteiger partial charge in [-0.3, -0.25) is 9.59 Å². The molecule has 0 aliphatic heterocycles. The summed E-state index contributed by atoms with van der Waals surface area (Å²) in [5.74, 6) is -0.0555. The third-order valence-corrected chi connectivity index (χ3v) is 6.09. The first-order chi connectivity index (χ1) is 14.1. The molecule has 0 saturated heterocycles. The average molecular weight is 396 g/mol. The van der Waals surface area contributed by atoms with Crippen molar-refractivity contribution in [3.05, 3.63) is 41.6 Å². The number of aromatic amines is 1. The van der Waals surface area contributed by atoms with Crippen LogP contribution in [0.3, 0.4) is 0 Å². The van der Waals surface area contributed by atoms with E-state index in [4.69, 9.17) is 0 Å². The summed E-state index contributed by atoms with van der Waals surface area (Å²) in [4.78, 5) is 28.4. The Kier molecular flexibility index (Phi) is 5.88. The van der Waals surface area contributed by atoms with E-state index in [9.17, 15) is 14.7 Å². The first-order valence-corrected chi connectivity index (χ1v) is 10.7. The molecule has 2 aliphatic carbocycles. The van der Waals surface area contributed by atoms with Gasteiger partial charge < -0.3 is 20.7 Å². The number of fused-ring (bicyclic) bond motifs is 1. The van der Waals surface area contributed by atoms with Gasteiger partial charge in [-0.25, -0.2) is 0 Å². The van der Waals surface area contributed by atoms with E-state index in [-0.39, 0.29) is 29.6 Å². The highest BCUT2D eigenvalue weighted by Gasteiger charge is 2.28. The van der Waals surface area contributed by atoms with Crippen LogP contribution >= 0.6 is 0 Å². The van der Waals surface area contributed by atoms with Crippen LogP contribution in [0.1, 0.15) is 68.3 Å². The molecule has 6 heteroatoms. The van der Waals surface area contributed by atoms with Crippen LogP contribution in [0.4, 0.5) is 0 Å². The molecule has 2 atom stereocenters. The van der Waals surface area contributed by atoms with Crippen LogP contribution in [0.2, 0.25) is 0 Å². The van der Waals surface area contributed by atoms with Crippen LogP contribution in [0, 0.1) is 0 Å². The van der Waals surface area contributed by atoms with Gasteiger partial charge in [0.1, 0.15) is 11.4 Å². The highest BCUT2D eigenvalue weighted by Crippen LogP contribution is 2.24. The van der Waals surface area contributed by atoms with Crippen molar-refractivity contribution in [3.63, 3.8) is 0 Å². The van der Waals surface area contributed by atoms with Gasteiger partial charge in [-0.1, -0.05) is 24.8 Å². The summed E-state index contributed by atoms with van der Waals surface area (Å²) < 4.78 is 0. The number of aromatic nitrogens is 1. The van der Waals surface area contributed by atoms with Gasteiger partial charge in [0.05, 0.1) is 0 Å². The third kappa shape index (κ3) is 4.81. The van der Waals surface area contributed by atoms with Gasteiger partial charge in [0.25, 0.3) is 5.91 Å². The minimum Gasteiger partial charge on any atom is -0.508 e. The SMILES string of the molecule is O=C(C=C1CCCCC1)N[C@H]1CCCC[C@@H]1NC(=O)c1cc2ccc(O)cc2[nH]1. The van der Waals surface area contributed by atoms with Gasteiger partial charge in [-0.2, -0.15) is 0 Å². The zero-order valence-electron chi connectivity index (χ0n) is 16.7. The van der Waals surface area contributed by atoms with E-state index in [2.05, 4.69) is 15.6 Å². The Bertz CT molecular complexity index is 923. The average Bonchev–Trinajstić information content (AvgIpc) is 3.13. The first-order valence-electron chi connectivity index (χ1n) is 10.7. The molecule has 2 fully saturated rings. The summed E-state index contributed by atoms with van der Waals surface area (Å²) >= 11 is 0. The maximum absolute atomic E-state index is 12.8. The fourth-order valence-electron chi connectivity index (χ4n) is 4.52. The van der Waals surface area contributed by atoms with Crippen LogP contribution in [0.5, 0.6) is 5.75 Å². The molecule has 1 aromatic heterocycles. The molecular weight excluding hydrogens is 366 g/mol. The lowest BCUT2D eigenvalue weighted by Crippen LogP contribution is -2.53. The number of H-pyrrole nitrogens is 1. The molecule has 0 radical (unpaired) electrons. The van der Waals surface area contributed by atoms with Crippen LogP contribution in [-0.2, 0) is 4.79 Å². The number of hydrogen-bond donors (Lipinski definition) is 4. The quantitative estimate of drug-likeness (QED) is 0.591. The van der Waals surface area contributed by atoms with Crippen molar-refractivity contribution in [3.8, 4) is 5.75 Å². The summed E-state index contributed by atoms with van der Waals surface area (Å²) in [5.41, 5.74) is 2.43. The second-order valence-electron chi connectivity index (χ2n) is 8.30. The van der Waals surface area contributed by atoms with Crippen molar-refractivity contribution in [2.24, 2.45) is 0 Å². The molecule has 2 amide bonds. The van der Waals surface area contributed by atoms with E-state index in [0.717, 1.165) is 49.4 Å². The summed E-state index contributed by atoms with van der Waals surface area (Å²) in [6.07, 6.45) is 11.2. The molecule has 0 unspecified atom stereocenters. The predicted octanol–water partition coefficient (Wildman–Crippen LogP) is 3.92. The lowest BCUT2D eigenvalue weighted by molar-refractivity contribution is -0.117. The second-order valence-corrected chi connectivity index (χ2v) is 8.30. The number of nitrogens with one attached hydrogen (secondary N) is 3. The normalized spacial score (nSPS) is 22.3. The fourth-order valence-corrected chi connectivity index (χ4v) is 4.52. The van der Waals surface area contributed by atoms with E-state index >= 15 is 0 Å². The second kappa shape index (κ2) is 8.72. The minimum absolute atomic E-state index is 0.0332. The van der Waals surface area contributed by atoms with Crippen molar-refractivity contribution in [2.45, 2.75) is 69.9 Å². The summed E-state index contributed by atoms with van der Waals surface area (Å²) in [5, 5.41) is 16.7. The van der Waals surface area contributed by atoms with E-state index in [0.29, 0.717) is 5.69 Å². The van der Waals surface area contributed by atoms with Crippen molar-refractivity contribution in [1.82, 2.24) is 15.6 Å². The molecule has 154 valence electrons. The van der Waals surface area contributed by atoms with Crippen molar-refractivity contribution in [2.75, 3.05) is 0 Å². The monoisotopic (exact) mass is 395 g/mol. The lowest BCUT2D eigenvalue weighted by atomic mass is 9.89. The Morgan fingerprint density at radius 3 is 2.45 bits per heavy atom. The van der Waals surface area contributed by atoms with Crippen molar-refractivity contribution >= 4 is 22.7 Å². The molecule has 1 aromatic carbocycles. The predicted molar refractivity (Wildman–Crippen MR) is 113 cm³/mol. The van der Waals surface area contributed by atoms with Crippen LogP contribution in [0.25, 0.3) is 10.9 Å². The number of carbonyl (C=O) groups is 2. The largest absolute Gasteiger partial charge is 0.508 e. The highest BCUT2D eigenvalue weighted by atomic mass is 16.3. The van der Waals surface area contributed by atoms with Gasteiger partial charge in [0.15, 0.2) is 0 Å². The van der Waals surface area contributed by atoms with Crippen LogP contribution < -0.4 is 10.6 Å². The topological polar surface area (TPSA) is 94.2 Å². The number of hydrogen-bond acceptors (Lipinski definition) is 3. The first kappa shape index (κ1) is 19.6. The number of allylic oxidation sites excluding steroid dienone is 1. The Morgan fingerprint density at radius 1 is 0.966 bits per heavy atom. The number of phenolic OH excluding ortho intramolecular Hbond substituents is 1. The number of benzene rings is 1. The van der Waals surface area contributed by atoms with E-state index in [1.54, 1.807) is 30.3 Å². The molecule has 29 heavy (non-hydrogen) atoms. The maximum atomic E-state index is 12.8. The molecule has 4 rings (SSSR count).